The molecule has 0 spiro atoms. The molecule has 1 aliphatic rings. The highest BCUT2D eigenvalue weighted by molar-refractivity contribution is 5.91. The van der Waals surface area contributed by atoms with E-state index in [0.29, 0.717) is 22.9 Å². The second-order valence-corrected chi connectivity index (χ2v) is 6.12. The predicted octanol–water partition coefficient (Wildman–Crippen LogP) is 3.73. The van der Waals surface area contributed by atoms with Crippen molar-refractivity contribution in [3.63, 3.8) is 0 Å². The summed E-state index contributed by atoms with van der Waals surface area (Å²) in [6, 6.07) is 4.63. The molecule has 3 rings (SSSR count). The number of hydrogen-bond acceptors (Lipinski definition) is 4. The van der Waals surface area contributed by atoms with Gasteiger partial charge in [0.2, 0.25) is 0 Å². The van der Waals surface area contributed by atoms with Crippen LogP contribution in [0.1, 0.15) is 43.5 Å². The number of benzene rings is 1. The van der Waals surface area contributed by atoms with Crippen LogP contribution in [-0.4, -0.2) is 22.2 Å². The van der Waals surface area contributed by atoms with Gasteiger partial charge in [-0.05, 0) is 49.3 Å². The monoisotopic (exact) mass is 289 g/mol. The molecule has 0 radical (unpaired) electrons. The first-order valence-corrected chi connectivity index (χ1v) is 7.32. The molecule has 1 aromatic heterocycles. The van der Waals surface area contributed by atoms with Crippen LogP contribution in [-0.2, 0) is 0 Å². The summed E-state index contributed by atoms with van der Waals surface area (Å²) in [7, 11) is 0. The SMILES string of the molecule is CC1CC(C)CC(Oc2nc3ccc(C(=O)O)cc3o2)C1. The largest absolute Gasteiger partial charge is 0.478 e. The lowest BCUT2D eigenvalue weighted by molar-refractivity contribution is 0.0694. The van der Waals surface area contributed by atoms with E-state index in [4.69, 9.17) is 14.3 Å². The number of nitrogens with zero attached hydrogens (tertiary/aromatic N) is 1. The summed E-state index contributed by atoms with van der Waals surface area (Å²) in [5.41, 5.74) is 1.25. The van der Waals surface area contributed by atoms with Gasteiger partial charge in [-0.3, -0.25) is 0 Å². The maximum Gasteiger partial charge on any atom is 0.394 e. The molecule has 2 aromatic rings. The Bertz CT molecular complexity index is 653. The number of aromatic nitrogens is 1. The lowest BCUT2D eigenvalue weighted by atomic mass is 9.82. The van der Waals surface area contributed by atoms with Crippen molar-refractivity contribution in [2.45, 2.75) is 39.2 Å². The first-order valence-electron chi connectivity index (χ1n) is 7.32. The van der Waals surface area contributed by atoms with Crippen molar-refractivity contribution in [3.05, 3.63) is 23.8 Å². The Morgan fingerprint density at radius 1 is 1.29 bits per heavy atom. The fourth-order valence-corrected chi connectivity index (χ4v) is 3.20. The maximum atomic E-state index is 10.9. The van der Waals surface area contributed by atoms with E-state index in [1.807, 2.05) is 0 Å². The van der Waals surface area contributed by atoms with Crippen molar-refractivity contribution < 1.29 is 19.1 Å². The Morgan fingerprint density at radius 3 is 2.67 bits per heavy atom. The van der Waals surface area contributed by atoms with E-state index in [2.05, 4.69) is 18.8 Å². The summed E-state index contributed by atoms with van der Waals surface area (Å²) < 4.78 is 11.4. The molecule has 1 aliphatic carbocycles. The number of ether oxygens (including phenoxy) is 1. The van der Waals surface area contributed by atoms with Gasteiger partial charge in [-0.25, -0.2) is 4.79 Å². The molecule has 5 nitrogen and oxygen atoms in total. The van der Waals surface area contributed by atoms with Gasteiger partial charge in [0.1, 0.15) is 11.6 Å². The number of hydrogen-bond donors (Lipinski definition) is 1. The minimum Gasteiger partial charge on any atom is -0.478 e. The molecule has 2 atom stereocenters. The molecule has 112 valence electrons. The van der Waals surface area contributed by atoms with Gasteiger partial charge in [-0.15, -0.1) is 0 Å². The topological polar surface area (TPSA) is 72.6 Å². The van der Waals surface area contributed by atoms with Crippen molar-refractivity contribution in [2.75, 3.05) is 0 Å². The third kappa shape index (κ3) is 3.01. The van der Waals surface area contributed by atoms with Crippen LogP contribution in [0.2, 0.25) is 0 Å². The maximum absolute atomic E-state index is 10.9. The van der Waals surface area contributed by atoms with Crippen LogP contribution in [0.15, 0.2) is 22.6 Å². The number of aromatic carboxylic acids is 1. The molecule has 0 bridgehead atoms. The Kier molecular flexibility index (Phi) is 3.57. The molecule has 1 N–H and O–H groups in total. The molecule has 1 heterocycles. The van der Waals surface area contributed by atoms with E-state index in [9.17, 15) is 4.79 Å². The molecule has 0 saturated heterocycles. The fraction of sp³-hybridized carbons (Fsp3) is 0.500. The summed E-state index contributed by atoms with van der Waals surface area (Å²) in [5.74, 6) is 0.300. The summed E-state index contributed by atoms with van der Waals surface area (Å²) in [6.45, 7) is 4.47. The molecular weight excluding hydrogens is 270 g/mol. The molecule has 21 heavy (non-hydrogen) atoms. The molecule has 1 saturated carbocycles. The van der Waals surface area contributed by atoms with Crippen LogP contribution >= 0.6 is 0 Å². The van der Waals surface area contributed by atoms with Crippen molar-refractivity contribution in [1.29, 1.82) is 0 Å². The van der Waals surface area contributed by atoms with Crippen molar-refractivity contribution >= 4 is 17.1 Å². The van der Waals surface area contributed by atoms with Crippen molar-refractivity contribution in [3.8, 4) is 6.08 Å². The lowest BCUT2D eigenvalue weighted by Crippen LogP contribution is -2.28. The molecule has 1 fully saturated rings. The van der Waals surface area contributed by atoms with E-state index in [0.717, 1.165) is 12.8 Å². The predicted molar refractivity (Wildman–Crippen MR) is 77.6 cm³/mol. The number of carboxylic acid groups (broad SMARTS) is 1. The molecule has 5 heteroatoms. The van der Waals surface area contributed by atoms with Gasteiger partial charge in [-0.2, -0.15) is 4.98 Å². The first kappa shape index (κ1) is 13.9. The molecular formula is C16H19NO4. The number of oxazole rings is 1. The Morgan fingerprint density at radius 2 is 2.00 bits per heavy atom. The highest BCUT2D eigenvalue weighted by Gasteiger charge is 2.26. The quantitative estimate of drug-likeness (QED) is 0.932. The van der Waals surface area contributed by atoms with E-state index in [1.54, 1.807) is 6.07 Å². The molecule has 1 aromatic carbocycles. The zero-order chi connectivity index (χ0) is 15.0. The lowest BCUT2D eigenvalue weighted by Gasteiger charge is -2.30. The zero-order valence-electron chi connectivity index (χ0n) is 12.2. The van der Waals surface area contributed by atoms with Crippen LogP contribution < -0.4 is 4.74 Å². The Balaban J connectivity index is 1.79. The van der Waals surface area contributed by atoms with Crippen LogP contribution in [0.5, 0.6) is 6.08 Å². The second-order valence-electron chi connectivity index (χ2n) is 6.12. The minimum atomic E-state index is -0.981. The molecule has 0 aliphatic heterocycles. The van der Waals surface area contributed by atoms with E-state index >= 15 is 0 Å². The normalized spacial score (nSPS) is 25.9. The van der Waals surface area contributed by atoms with Crippen LogP contribution in [0.25, 0.3) is 11.1 Å². The standard InChI is InChI=1S/C16H19NO4/c1-9-5-10(2)7-12(6-9)20-16-17-13-4-3-11(15(18)19)8-14(13)21-16/h3-4,8-10,12H,5-7H2,1-2H3,(H,18,19). The van der Waals surface area contributed by atoms with Gasteiger partial charge in [0.15, 0.2) is 5.58 Å². The van der Waals surface area contributed by atoms with Crippen LogP contribution in [0.4, 0.5) is 0 Å². The average molecular weight is 289 g/mol. The van der Waals surface area contributed by atoms with Gasteiger partial charge < -0.3 is 14.3 Å². The average Bonchev–Trinajstić information content (AvgIpc) is 2.78. The van der Waals surface area contributed by atoms with Gasteiger partial charge in [0.25, 0.3) is 0 Å². The van der Waals surface area contributed by atoms with Gasteiger partial charge in [0, 0.05) is 0 Å². The van der Waals surface area contributed by atoms with E-state index in [1.165, 1.54) is 18.6 Å². The molecule has 2 unspecified atom stereocenters. The Labute approximate surface area is 122 Å². The summed E-state index contributed by atoms with van der Waals surface area (Å²) in [6.07, 6.45) is 3.59. The van der Waals surface area contributed by atoms with Crippen molar-refractivity contribution in [2.24, 2.45) is 11.8 Å². The number of carbonyl (C=O) groups is 1. The fourth-order valence-electron chi connectivity index (χ4n) is 3.20. The van der Waals surface area contributed by atoms with E-state index < -0.39 is 5.97 Å². The highest BCUT2D eigenvalue weighted by atomic mass is 16.6. The third-order valence-corrected chi connectivity index (χ3v) is 4.02. The minimum absolute atomic E-state index is 0.121. The third-order valence-electron chi connectivity index (χ3n) is 4.02. The summed E-state index contributed by atoms with van der Waals surface area (Å²) in [5, 5.41) is 8.98. The summed E-state index contributed by atoms with van der Waals surface area (Å²) >= 11 is 0. The van der Waals surface area contributed by atoms with E-state index in [-0.39, 0.29) is 17.7 Å². The number of rotatable bonds is 3. The first-order chi connectivity index (χ1) is 10.0. The number of carboxylic acids is 1. The second kappa shape index (κ2) is 5.39. The van der Waals surface area contributed by atoms with Gasteiger partial charge >= 0.3 is 12.0 Å². The van der Waals surface area contributed by atoms with Crippen LogP contribution in [0.3, 0.4) is 0 Å². The summed E-state index contributed by atoms with van der Waals surface area (Å²) in [4.78, 5) is 15.2. The zero-order valence-corrected chi connectivity index (χ0v) is 12.2. The Hall–Kier alpha value is -2.04. The van der Waals surface area contributed by atoms with Gasteiger partial charge in [0.05, 0.1) is 5.56 Å². The number of fused-ring (bicyclic) bond motifs is 1. The van der Waals surface area contributed by atoms with Crippen molar-refractivity contribution in [1.82, 2.24) is 4.98 Å². The highest BCUT2D eigenvalue weighted by Crippen LogP contribution is 2.32. The smallest absolute Gasteiger partial charge is 0.394 e. The van der Waals surface area contributed by atoms with Gasteiger partial charge in [-0.1, -0.05) is 13.8 Å². The molecule has 0 amide bonds. The van der Waals surface area contributed by atoms with Crippen LogP contribution in [0, 0.1) is 11.8 Å².